The molecule has 1 aliphatic heterocycles. The zero-order valence-corrected chi connectivity index (χ0v) is 18.5. The molecular weight excluding hydrogens is 438 g/mol. The zero-order chi connectivity index (χ0) is 22.9. The number of anilines is 1. The van der Waals surface area contributed by atoms with Crippen LogP contribution in [0.3, 0.4) is 0 Å². The van der Waals surface area contributed by atoms with Gasteiger partial charge in [0.2, 0.25) is 0 Å². The lowest BCUT2D eigenvalue weighted by molar-refractivity contribution is 0.0656. The fourth-order valence-corrected chi connectivity index (χ4v) is 4.57. The summed E-state index contributed by atoms with van der Waals surface area (Å²) in [4.78, 5) is 44.2. The predicted octanol–water partition coefficient (Wildman–Crippen LogP) is 3.73. The lowest BCUT2D eigenvalue weighted by Crippen LogP contribution is -2.31. The van der Waals surface area contributed by atoms with E-state index in [1.54, 1.807) is 35.1 Å². The summed E-state index contributed by atoms with van der Waals surface area (Å²) in [5.41, 5.74) is 2.93. The first-order valence-electron chi connectivity index (χ1n) is 10.3. The van der Waals surface area contributed by atoms with Crippen LogP contribution in [-0.2, 0) is 6.42 Å². The fourth-order valence-electron chi connectivity index (χ4n) is 3.77. The molecule has 1 aliphatic rings. The van der Waals surface area contributed by atoms with Gasteiger partial charge in [0.15, 0.2) is 5.13 Å². The normalized spacial score (nSPS) is 12.8. The summed E-state index contributed by atoms with van der Waals surface area (Å²) in [6.07, 6.45) is 3.65. The Labute approximate surface area is 193 Å². The molecule has 5 rings (SSSR count). The molecule has 0 saturated heterocycles. The molecule has 2 aromatic carbocycles. The Balaban J connectivity index is 1.23. The molecule has 0 unspecified atom stereocenters. The number of aromatic nitrogens is 3. The van der Waals surface area contributed by atoms with Crippen LogP contribution in [0, 0.1) is 6.92 Å². The Morgan fingerprint density at radius 2 is 1.64 bits per heavy atom. The number of para-hydroxylation sites is 1. The number of carbonyl (C=O) groups is 3. The van der Waals surface area contributed by atoms with Crippen LogP contribution in [0.2, 0.25) is 0 Å². The maximum atomic E-state index is 12.8. The molecule has 3 heterocycles. The summed E-state index contributed by atoms with van der Waals surface area (Å²) in [5, 5.41) is 7.59. The third kappa shape index (κ3) is 3.83. The number of rotatable bonds is 6. The summed E-state index contributed by atoms with van der Waals surface area (Å²) < 4.78 is 1.71. The van der Waals surface area contributed by atoms with Gasteiger partial charge in [0.05, 0.1) is 34.3 Å². The second-order valence-corrected chi connectivity index (χ2v) is 8.65. The topological polar surface area (TPSA) is 97.2 Å². The van der Waals surface area contributed by atoms with Crippen LogP contribution in [-0.4, -0.2) is 43.9 Å². The first-order valence-corrected chi connectivity index (χ1v) is 11.2. The maximum absolute atomic E-state index is 12.8. The standard InChI is InChI=1S/C24H19N5O3S/c1-15-20(14-26-29(15)16-7-3-2-4-8-16)21(30)27-24-25-13-17(33-24)11-12-28-22(31)18-9-5-6-10-19(18)23(28)32/h2-10,13-14H,11-12H2,1H3,(H,25,27,30). The highest BCUT2D eigenvalue weighted by molar-refractivity contribution is 7.15. The molecular formula is C24H19N5O3S. The highest BCUT2D eigenvalue weighted by atomic mass is 32.1. The van der Waals surface area contributed by atoms with E-state index in [-0.39, 0.29) is 24.3 Å². The molecule has 9 heteroatoms. The van der Waals surface area contributed by atoms with Gasteiger partial charge in [-0.3, -0.25) is 24.6 Å². The largest absolute Gasteiger partial charge is 0.298 e. The van der Waals surface area contributed by atoms with Crippen LogP contribution in [0.15, 0.2) is 67.0 Å². The van der Waals surface area contributed by atoms with Gasteiger partial charge < -0.3 is 0 Å². The number of thiazole rings is 1. The average molecular weight is 458 g/mol. The zero-order valence-electron chi connectivity index (χ0n) is 17.7. The number of hydrogen-bond donors (Lipinski definition) is 1. The summed E-state index contributed by atoms with van der Waals surface area (Å²) >= 11 is 1.32. The van der Waals surface area contributed by atoms with E-state index in [9.17, 15) is 14.4 Å². The van der Waals surface area contributed by atoms with Crippen LogP contribution in [0.25, 0.3) is 5.69 Å². The first kappa shape index (κ1) is 20.8. The van der Waals surface area contributed by atoms with Crippen molar-refractivity contribution in [3.05, 3.63) is 94.3 Å². The van der Waals surface area contributed by atoms with E-state index in [0.717, 1.165) is 16.3 Å². The van der Waals surface area contributed by atoms with Crippen molar-refractivity contribution in [2.24, 2.45) is 0 Å². The lowest BCUT2D eigenvalue weighted by atomic mass is 10.1. The van der Waals surface area contributed by atoms with E-state index in [1.165, 1.54) is 22.4 Å². The number of nitrogens with one attached hydrogen (secondary N) is 1. The minimum absolute atomic E-state index is 0.255. The molecule has 8 nitrogen and oxygen atoms in total. The van der Waals surface area contributed by atoms with E-state index in [0.29, 0.717) is 28.2 Å². The third-order valence-electron chi connectivity index (χ3n) is 5.49. The summed E-state index contributed by atoms with van der Waals surface area (Å²) in [6, 6.07) is 16.4. The quantitative estimate of drug-likeness (QED) is 0.445. The number of carbonyl (C=O) groups excluding carboxylic acids is 3. The van der Waals surface area contributed by atoms with Gasteiger partial charge >= 0.3 is 0 Å². The fraction of sp³-hybridized carbons (Fsp3) is 0.125. The van der Waals surface area contributed by atoms with Crippen molar-refractivity contribution in [3.63, 3.8) is 0 Å². The second kappa shape index (κ2) is 8.44. The first-order chi connectivity index (χ1) is 16.0. The van der Waals surface area contributed by atoms with Gasteiger partial charge in [-0.15, -0.1) is 11.3 Å². The minimum atomic E-state index is -0.295. The molecule has 0 radical (unpaired) electrons. The number of fused-ring (bicyclic) bond motifs is 1. The van der Waals surface area contributed by atoms with Crippen LogP contribution in [0.1, 0.15) is 41.6 Å². The molecule has 3 amide bonds. The molecule has 33 heavy (non-hydrogen) atoms. The van der Waals surface area contributed by atoms with Gasteiger partial charge in [-0.05, 0) is 31.2 Å². The Morgan fingerprint density at radius 1 is 0.970 bits per heavy atom. The molecule has 0 fully saturated rings. The van der Waals surface area contributed by atoms with Crippen LogP contribution in [0.5, 0.6) is 0 Å². The maximum Gasteiger partial charge on any atom is 0.261 e. The Hall–Kier alpha value is -4.11. The molecule has 0 aliphatic carbocycles. The molecule has 2 aromatic heterocycles. The van der Waals surface area contributed by atoms with Crippen molar-refractivity contribution in [3.8, 4) is 5.69 Å². The molecule has 0 bridgehead atoms. The van der Waals surface area contributed by atoms with Crippen molar-refractivity contribution in [2.45, 2.75) is 13.3 Å². The molecule has 1 N–H and O–H groups in total. The highest BCUT2D eigenvalue weighted by Gasteiger charge is 2.34. The third-order valence-corrected chi connectivity index (χ3v) is 6.46. The number of hydrogen-bond acceptors (Lipinski definition) is 6. The minimum Gasteiger partial charge on any atom is -0.298 e. The van der Waals surface area contributed by atoms with Crippen LogP contribution >= 0.6 is 11.3 Å². The summed E-state index contributed by atoms with van der Waals surface area (Å²) in [6.45, 7) is 2.09. The molecule has 0 saturated carbocycles. The van der Waals surface area contributed by atoms with Crippen molar-refractivity contribution >= 4 is 34.2 Å². The monoisotopic (exact) mass is 457 g/mol. The summed E-state index contributed by atoms with van der Waals surface area (Å²) in [5.74, 6) is -0.852. The van der Waals surface area contributed by atoms with Crippen molar-refractivity contribution in [2.75, 3.05) is 11.9 Å². The number of imide groups is 1. The highest BCUT2D eigenvalue weighted by Crippen LogP contribution is 2.25. The van der Waals surface area contributed by atoms with E-state index in [2.05, 4.69) is 15.4 Å². The molecule has 164 valence electrons. The van der Waals surface area contributed by atoms with Crippen molar-refractivity contribution < 1.29 is 14.4 Å². The van der Waals surface area contributed by atoms with Gasteiger partial charge in [0.1, 0.15) is 0 Å². The lowest BCUT2D eigenvalue weighted by Gasteiger charge is -2.12. The Bertz CT molecular complexity index is 1340. The number of amides is 3. The Kier molecular flexibility index (Phi) is 5.31. The number of benzene rings is 2. The van der Waals surface area contributed by atoms with E-state index < -0.39 is 0 Å². The van der Waals surface area contributed by atoms with Crippen molar-refractivity contribution in [1.29, 1.82) is 0 Å². The van der Waals surface area contributed by atoms with E-state index in [1.807, 2.05) is 37.3 Å². The Morgan fingerprint density at radius 3 is 2.33 bits per heavy atom. The smallest absolute Gasteiger partial charge is 0.261 e. The predicted molar refractivity (Wildman–Crippen MR) is 124 cm³/mol. The van der Waals surface area contributed by atoms with Crippen LogP contribution < -0.4 is 5.32 Å². The van der Waals surface area contributed by atoms with Gasteiger partial charge in [0.25, 0.3) is 17.7 Å². The van der Waals surface area contributed by atoms with Crippen LogP contribution in [0.4, 0.5) is 5.13 Å². The SMILES string of the molecule is Cc1c(C(=O)Nc2ncc(CCN3C(=O)c4ccccc4C3=O)s2)cnn1-c1ccccc1. The molecule has 0 spiro atoms. The van der Waals surface area contributed by atoms with Crippen molar-refractivity contribution in [1.82, 2.24) is 19.7 Å². The second-order valence-electron chi connectivity index (χ2n) is 7.53. The summed E-state index contributed by atoms with van der Waals surface area (Å²) in [7, 11) is 0. The average Bonchev–Trinajstić information content (AvgIpc) is 3.51. The van der Waals surface area contributed by atoms with Gasteiger partial charge in [0, 0.05) is 24.0 Å². The van der Waals surface area contributed by atoms with E-state index in [4.69, 9.17) is 0 Å². The number of nitrogens with zero attached hydrogens (tertiary/aromatic N) is 4. The van der Waals surface area contributed by atoms with Gasteiger partial charge in [-0.1, -0.05) is 30.3 Å². The van der Waals surface area contributed by atoms with Gasteiger partial charge in [-0.2, -0.15) is 5.10 Å². The van der Waals surface area contributed by atoms with Gasteiger partial charge in [-0.25, -0.2) is 9.67 Å². The molecule has 0 atom stereocenters. The molecule has 4 aromatic rings. The van der Waals surface area contributed by atoms with E-state index >= 15 is 0 Å².